The molecule has 0 aliphatic rings. The van der Waals surface area contributed by atoms with Crippen molar-refractivity contribution in [2.75, 3.05) is 19.5 Å². The van der Waals surface area contributed by atoms with E-state index in [0.29, 0.717) is 34.2 Å². The number of rotatable bonds is 7. The summed E-state index contributed by atoms with van der Waals surface area (Å²) in [6, 6.07) is 15.8. The lowest BCUT2D eigenvalue weighted by Gasteiger charge is -2.10. The number of amides is 2. The van der Waals surface area contributed by atoms with E-state index >= 15 is 0 Å². The van der Waals surface area contributed by atoms with Crippen LogP contribution in [0.2, 0.25) is 0 Å². The number of methoxy groups -OCH3 is 2. The normalized spacial score (nSPS) is 10.2. The molecule has 3 rings (SSSR count). The highest BCUT2D eigenvalue weighted by atomic mass is 32.1. The molecule has 2 amide bonds. The molecule has 0 atom stereocenters. The average molecular weight is 396 g/mol. The molecule has 0 aliphatic heterocycles. The van der Waals surface area contributed by atoms with E-state index in [1.807, 2.05) is 23.6 Å². The fraction of sp³-hybridized carbons (Fsp3) is 0.143. The van der Waals surface area contributed by atoms with Gasteiger partial charge >= 0.3 is 0 Å². The standard InChI is InChI=1S/C21H20N2O4S/c1-26-17-10-14(11-18(12-17)27-2)13-22-20(24)15-5-7-16(8-6-15)23-21(25)19-4-3-9-28-19/h3-12H,13H2,1-2H3,(H,22,24)(H,23,25). The summed E-state index contributed by atoms with van der Waals surface area (Å²) in [4.78, 5) is 25.1. The van der Waals surface area contributed by atoms with E-state index in [4.69, 9.17) is 9.47 Å². The second kappa shape index (κ2) is 9.05. The Morgan fingerprint density at radius 3 is 2.18 bits per heavy atom. The third kappa shape index (κ3) is 4.89. The second-order valence-corrected chi connectivity index (χ2v) is 6.86. The SMILES string of the molecule is COc1cc(CNC(=O)c2ccc(NC(=O)c3cccs3)cc2)cc(OC)c1. The maximum absolute atomic E-state index is 12.4. The van der Waals surface area contributed by atoms with E-state index in [9.17, 15) is 9.59 Å². The fourth-order valence-electron chi connectivity index (χ4n) is 2.56. The molecule has 3 aromatic rings. The Bertz CT molecular complexity index is 931. The maximum atomic E-state index is 12.4. The van der Waals surface area contributed by atoms with Crippen LogP contribution in [0.1, 0.15) is 25.6 Å². The lowest BCUT2D eigenvalue weighted by Crippen LogP contribution is -2.22. The Balaban J connectivity index is 1.60. The first kappa shape index (κ1) is 19.4. The molecule has 0 radical (unpaired) electrons. The molecule has 0 fully saturated rings. The van der Waals surface area contributed by atoms with Crippen molar-refractivity contribution >= 4 is 28.8 Å². The van der Waals surface area contributed by atoms with Crippen LogP contribution in [0.25, 0.3) is 0 Å². The summed E-state index contributed by atoms with van der Waals surface area (Å²) in [6.45, 7) is 0.337. The largest absolute Gasteiger partial charge is 0.497 e. The van der Waals surface area contributed by atoms with Crippen LogP contribution in [0.3, 0.4) is 0 Å². The summed E-state index contributed by atoms with van der Waals surface area (Å²) < 4.78 is 10.5. The predicted molar refractivity (Wildman–Crippen MR) is 109 cm³/mol. The molecule has 0 aliphatic carbocycles. The van der Waals surface area contributed by atoms with Gasteiger partial charge in [-0.3, -0.25) is 9.59 Å². The minimum Gasteiger partial charge on any atom is -0.497 e. The van der Waals surface area contributed by atoms with Gasteiger partial charge in [0.15, 0.2) is 0 Å². The third-order valence-electron chi connectivity index (χ3n) is 4.01. The van der Waals surface area contributed by atoms with Gasteiger partial charge in [-0.25, -0.2) is 0 Å². The maximum Gasteiger partial charge on any atom is 0.265 e. The number of carbonyl (C=O) groups excluding carboxylic acids is 2. The molecule has 7 heteroatoms. The summed E-state index contributed by atoms with van der Waals surface area (Å²) in [5.74, 6) is 0.945. The van der Waals surface area contributed by atoms with Crippen LogP contribution in [-0.4, -0.2) is 26.0 Å². The first-order chi connectivity index (χ1) is 13.6. The number of anilines is 1. The topological polar surface area (TPSA) is 76.7 Å². The van der Waals surface area contributed by atoms with Gasteiger partial charge in [0.1, 0.15) is 11.5 Å². The zero-order chi connectivity index (χ0) is 19.9. The van der Waals surface area contributed by atoms with Gasteiger partial charge in [-0.2, -0.15) is 0 Å². The lowest BCUT2D eigenvalue weighted by atomic mass is 10.1. The van der Waals surface area contributed by atoms with E-state index in [2.05, 4.69) is 10.6 Å². The van der Waals surface area contributed by atoms with Crippen LogP contribution >= 0.6 is 11.3 Å². The van der Waals surface area contributed by atoms with Crippen LogP contribution in [0.5, 0.6) is 11.5 Å². The van der Waals surface area contributed by atoms with Gasteiger partial charge in [0.25, 0.3) is 11.8 Å². The van der Waals surface area contributed by atoms with E-state index in [0.717, 1.165) is 5.56 Å². The second-order valence-electron chi connectivity index (χ2n) is 5.91. The van der Waals surface area contributed by atoms with Gasteiger partial charge in [-0.1, -0.05) is 6.07 Å². The quantitative estimate of drug-likeness (QED) is 0.634. The van der Waals surface area contributed by atoms with E-state index in [-0.39, 0.29) is 11.8 Å². The number of nitrogens with one attached hydrogen (secondary N) is 2. The predicted octanol–water partition coefficient (Wildman–Crippen LogP) is 3.95. The zero-order valence-electron chi connectivity index (χ0n) is 15.5. The van der Waals surface area contributed by atoms with Crippen molar-refractivity contribution < 1.29 is 19.1 Å². The summed E-state index contributed by atoms with van der Waals surface area (Å²) in [5, 5.41) is 7.52. The Morgan fingerprint density at radius 1 is 0.929 bits per heavy atom. The molecule has 0 unspecified atom stereocenters. The first-order valence-corrected chi connectivity index (χ1v) is 9.42. The molecule has 2 N–H and O–H groups in total. The Labute approximate surface area is 167 Å². The van der Waals surface area contributed by atoms with Gasteiger partial charge in [0.05, 0.1) is 19.1 Å². The average Bonchev–Trinajstić information content (AvgIpc) is 3.27. The molecule has 28 heavy (non-hydrogen) atoms. The van der Waals surface area contributed by atoms with Crippen LogP contribution in [0.15, 0.2) is 60.0 Å². The molecular formula is C21H20N2O4S. The third-order valence-corrected chi connectivity index (χ3v) is 4.88. The van der Waals surface area contributed by atoms with Gasteiger partial charge in [0, 0.05) is 23.9 Å². The van der Waals surface area contributed by atoms with Gasteiger partial charge < -0.3 is 20.1 Å². The highest BCUT2D eigenvalue weighted by Crippen LogP contribution is 2.22. The molecule has 2 aromatic carbocycles. The van der Waals surface area contributed by atoms with Crippen molar-refractivity contribution in [2.45, 2.75) is 6.54 Å². The van der Waals surface area contributed by atoms with Crippen molar-refractivity contribution in [1.29, 1.82) is 0 Å². The molecule has 0 spiro atoms. The number of thiophene rings is 1. The Morgan fingerprint density at radius 2 is 1.61 bits per heavy atom. The summed E-state index contributed by atoms with van der Waals surface area (Å²) in [7, 11) is 3.16. The Hall–Kier alpha value is -3.32. The molecule has 144 valence electrons. The smallest absolute Gasteiger partial charge is 0.265 e. The number of hydrogen-bond acceptors (Lipinski definition) is 5. The van der Waals surface area contributed by atoms with Crippen molar-refractivity contribution in [3.8, 4) is 11.5 Å². The van der Waals surface area contributed by atoms with Gasteiger partial charge in [0.2, 0.25) is 0 Å². The molecule has 0 saturated carbocycles. The molecule has 0 bridgehead atoms. The summed E-state index contributed by atoms with van der Waals surface area (Å²) in [6.07, 6.45) is 0. The molecule has 1 aromatic heterocycles. The molecule has 0 saturated heterocycles. The van der Waals surface area contributed by atoms with Gasteiger partial charge in [-0.15, -0.1) is 11.3 Å². The Kier molecular flexibility index (Phi) is 6.29. The van der Waals surface area contributed by atoms with Gasteiger partial charge in [-0.05, 0) is 53.4 Å². The molecule has 6 nitrogen and oxygen atoms in total. The zero-order valence-corrected chi connectivity index (χ0v) is 16.3. The van der Waals surface area contributed by atoms with Crippen molar-refractivity contribution in [2.24, 2.45) is 0 Å². The molecular weight excluding hydrogens is 376 g/mol. The summed E-state index contributed by atoms with van der Waals surface area (Å²) in [5.41, 5.74) is 2.00. The highest BCUT2D eigenvalue weighted by molar-refractivity contribution is 7.12. The lowest BCUT2D eigenvalue weighted by molar-refractivity contribution is 0.0950. The van der Waals surface area contributed by atoms with Crippen molar-refractivity contribution in [3.63, 3.8) is 0 Å². The van der Waals surface area contributed by atoms with Crippen molar-refractivity contribution in [3.05, 3.63) is 76.0 Å². The number of carbonyl (C=O) groups is 2. The van der Waals surface area contributed by atoms with E-state index in [1.165, 1.54) is 11.3 Å². The van der Waals surface area contributed by atoms with E-state index in [1.54, 1.807) is 50.6 Å². The fourth-order valence-corrected chi connectivity index (χ4v) is 3.18. The monoisotopic (exact) mass is 396 g/mol. The van der Waals surface area contributed by atoms with Crippen molar-refractivity contribution in [1.82, 2.24) is 5.32 Å². The minimum absolute atomic E-state index is 0.167. The molecule has 1 heterocycles. The van der Waals surface area contributed by atoms with Crippen LogP contribution in [0.4, 0.5) is 5.69 Å². The summed E-state index contributed by atoms with van der Waals surface area (Å²) >= 11 is 1.37. The van der Waals surface area contributed by atoms with E-state index < -0.39 is 0 Å². The number of hydrogen-bond donors (Lipinski definition) is 2. The first-order valence-electron chi connectivity index (χ1n) is 8.54. The van der Waals surface area contributed by atoms with Crippen LogP contribution in [-0.2, 0) is 6.54 Å². The number of ether oxygens (including phenoxy) is 2. The number of benzene rings is 2. The minimum atomic E-state index is -0.210. The van der Waals surface area contributed by atoms with Crippen LogP contribution in [0, 0.1) is 0 Å². The highest BCUT2D eigenvalue weighted by Gasteiger charge is 2.09. The van der Waals surface area contributed by atoms with Crippen LogP contribution < -0.4 is 20.1 Å².